The second kappa shape index (κ2) is 8.18. The lowest BCUT2D eigenvalue weighted by atomic mass is 9.98. The molecule has 138 valence electrons. The fraction of sp³-hybridized carbons (Fsp3) is 0.278. The van der Waals surface area contributed by atoms with Gasteiger partial charge in [0.25, 0.3) is 0 Å². The van der Waals surface area contributed by atoms with Crippen molar-refractivity contribution in [3.8, 4) is 11.3 Å². The largest absolute Gasteiger partial charge is 0.299 e. The number of sulfonamides is 1. The molecule has 0 saturated heterocycles. The van der Waals surface area contributed by atoms with Crippen molar-refractivity contribution < 1.29 is 17.6 Å². The third-order valence-corrected chi connectivity index (χ3v) is 4.86. The summed E-state index contributed by atoms with van der Waals surface area (Å²) in [6.45, 7) is 5.30. The highest BCUT2D eigenvalue weighted by atomic mass is 32.2. The molecule has 0 bridgehead atoms. The van der Waals surface area contributed by atoms with E-state index in [2.05, 4.69) is 14.7 Å². The van der Waals surface area contributed by atoms with Gasteiger partial charge in [-0.25, -0.2) is 22.8 Å². The predicted octanol–water partition coefficient (Wildman–Crippen LogP) is 3.38. The molecule has 26 heavy (non-hydrogen) atoms. The second-order valence-electron chi connectivity index (χ2n) is 5.86. The number of carbonyl (C=O) groups is 1. The van der Waals surface area contributed by atoms with Crippen LogP contribution in [0.5, 0.6) is 0 Å². The van der Waals surface area contributed by atoms with Crippen molar-refractivity contribution in [1.29, 1.82) is 0 Å². The topological polar surface area (TPSA) is 89.0 Å². The van der Waals surface area contributed by atoms with Crippen LogP contribution in [-0.4, -0.2) is 30.4 Å². The summed E-state index contributed by atoms with van der Waals surface area (Å²) in [6, 6.07) is 5.65. The molecular weight excluding hydrogens is 357 g/mol. The predicted molar refractivity (Wildman–Crippen MR) is 99.7 cm³/mol. The quantitative estimate of drug-likeness (QED) is 0.590. The second-order valence-corrected chi connectivity index (χ2v) is 7.87. The summed E-state index contributed by atoms with van der Waals surface area (Å²) in [5.41, 5.74) is 2.15. The number of halogens is 1. The van der Waals surface area contributed by atoms with Crippen molar-refractivity contribution in [3.63, 3.8) is 0 Å². The summed E-state index contributed by atoms with van der Waals surface area (Å²) in [5, 5.41) is 0. The normalized spacial score (nSPS) is 11.9. The number of anilines is 1. The lowest BCUT2D eigenvalue weighted by Gasteiger charge is -2.16. The van der Waals surface area contributed by atoms with E-state index >= 15 is 0 Å². The van der Waals surface area contributed by atoms with Crippen LogP contribution in [0.25, 0.3) is 17.3 Å². The Bertz CT molecular complexity index is 923. The molecule has 1 heterocycles. The third-order valence-electron chi connectivity index (χ3n) is 3.61. The molecule has 2 rings (SSSR count). The average molecular weight is 377 g/mol. The first kappa shape index (κ1) is 19.7. The molecule has 0 amide bonds. The highest BCUT2D eigenvalue weighted by Crippen LogP contribution is 2.30. The van der Waals surface area contributed by atoms with Crippen LogP contribution < -0.4 is 4.72 Å². The summed E-state index contributed by atoms with van der Waals surface area (Å²) in [6.07, 6.45) is 3.51. The minimum absolute atomic E-state index is 0.0573. The number of aromatic nitrogens is 2. The number of nitrogens with one attached hydrogen (secondary N) is 1. The number of aldehydes is 1. The number of carbonyl (C=O) groups excluding carboxylic acids is 1. The fourth-order valence-electron chi connectivity index (χ4n) is 2.31. The Labute approximate surface area is 152 Å². The average Bonchev–Trinajstić information content (AvgIpc) is 2.60. The maximum Gasteiger partial charge on any atom is 0.237 e. The van der Waals surface area contributed by atoms with E-state index in [0.717, 1.165) is 0 Å². The van der Waals surface area contributed by atoms with Crippen LogP contribution in [0.15, 0.2) is 30.3 Å². The zero-order valence-electron chi connectivity index (χ0n) is 14.7. The highest BCUT2D eigenvalue weighted by Gasteiger charge is 2.19. The minimum atomic E-state index is -3.56. The first-order chi connectivity index (χ1) is 12.3. The number of allylic oxidation sites excluding steroid dienone is 1. The van der Waals surface area contributed by atoms with Crippen LogP contribution in [0.4, 0.5) is 10.3 Å². The molecule has 0 radical (unpaired) electrons. The van der Waals surface area contributed by atoms with Gasteiger partial charge >= 0.3 is 0 Å². The van der Waals surface area contributed by atoms with E-state index in [0.29, 0.717) is 28.8 Å². The summed E-state index contributed by atoms with van der Waals surface area (Å²) in [5.74, 6) is -0.637. The van der Waals surface area contributed by atoms with Crippen LogP contribution in [0.1, 0.15) is 37.9 Å². The van der Waals surface area contributed by atoms with Crippen molar-refractivity contribution in [2.24, 2.45) is 0 Å². The molecule has 1 aromatic carbocycles. The lowest BCUT2D eigenvalue weighted by Crippen LogP contribution is -2.18. The maximum absolute atomic E-state index is 13.3. The zero-order valence-corrected chi connectivity index (χ0v) is 15.5. The van der Waals surface area contributed by atoms with E-state index in [1.165, 1.54) is 37.3 Å². The summed E-state index contributed by atoms with van der Waals surface area (Å²) in [4.78, 5) is 19.4. The lowest BCUT2D eigenvalue weighted by molar-refractivity contribution is -0.104. The molecule has 1 aromatic heterocycles. The molecule has 1 N–H and O–H groups in total. The van der Waals surface area contributed by atoms with Gasteiger partial charge in [0.05, 0.1) is 17.1 Å². The molecule has 8 heteroatoms. The van der Waals surface area contributed by atoms with E-state index in [1.54, 1.807) is 6.08 Å². The first-order valence-electron chi connectivity index (χ1n) is 8.07. The summed E-state index contributed by atoms with van der Waals surface area (Å²) < 4.78 is 39.4. The van der Waals surface area contributed by atoms with Gasteiger partial charge in [0, 0.05) is 11.1 Å². The molecule has 0 saturated carbocycles. The Kier molecular flexibility index (Phi) is 6.20. The van der Waals surface area contributed by atoms with Gasteiger partial charge < -0.3 is 0 Å². The Hall–Kier alpha value is -2.61. The molecule has 0 unspecified atom stereocenters. The standard InChI is InChI=1S/C18H20FN3O3S/c1-4-26(24,25)22-18-20-16(12(2)3)15(6-5-11-23)17(21-18)13-7-9-14(19)10-8-13/h5-12H,4H2,1-3H3,(H,20,21,22)/b6-5+. The van der Waals surface area contributed by atoms with E-state index in [4.69, 9.17) is 0 Å². The van der Waals surface area contributed by atoms with Gasteiger partial charge in [0.15, 0.2) is 0 Å². The molecule has 0 atom stereocenters. The van der Waals surface area contributed by atoms with Gasteiger partial charge in [-0.05, 0) is 49.3 Å². The molecule has 0 aliphatic carbocycles. The Morgan fingerprint density at radius 1 is 1.19 bits per heavy atom. The number of nitrogens with zero attached hydrogens (tertiary/aromatic N) is 2. The Morgan fingerprint density at radius 3 is 2.38 bits per heavy atom. The van der Waals surface area contributed by atoms with Gasteiger partial charge in [0.1, 0.15) is 12.1 Å². The van der Waals surface area contributed by atoms with E-state index < -0.39 is 15.8 Å². The SMILES string of the molecule is CCS(=O)(=O)Nc1nc(-c2ccc(F)cc2)c(/C=C/C=O)c(C(C)C)n1. The Morgan fingerprint density at radius 2 is 1.85 bits per heavy atom. The van der Waals surface area contributed by atoms with Crippen LogP contribution in [0, 0.1) is 5.82 Å². The van der Waals surface area contributed by atoms with E-state index in [1.807, 2.05) is 13.8 Å². The van der Waals surface area contributed by atoms with Crippen LogP contribution >= 0.6 is 0 Å². The summed E-state index contributed by atoms with van der Waals surface area (Å²) in [7, 11) is -3.56. The van der Waals surface area contributed by atoms with Gasteiger partial charge in [-0.1, -0.05) is 13.8 Å². The fourth-order valence-corrected chi connectivity index (χ4v) is 2.83. The number of rotatable bonds is 7. The number of benzene rings is 1. The number of hydrogen-bond acceptors (Lipinski definition) is 5. The Balaban J connectivity index is 2.74. The van der Waals surface area contributed by atoms with Crippen molar-refractivity contribution >= 4 is 28.3 Å². The minimum Gasteiger partial charge on any atom is -0.299 e. The van der Waals surface area contributed by atoms with Crippen LogP contribution in [-0.2, 0) is 14.8 Å². The molecule has 0 aliphatic rings. The molecule has 2 aromatic rings. The van der Waals surface area contributed by atoms with Gasteiger partial charge in [0.2, 0.25) is 16.0 Å². The molecule has 0 fully saturated rings. The van der Waals surface area contributed by atoms with Gasteiger partial charge in [-0.2, -0.15) is 0 Å². The van der Waals surface area contributed by atoms with Crippen molar-refractivity contribution in [2.75, 3.05) is 10.5 Å². The molecule has 0 aliphatic heterocycles. The highest BCUT2D eigenvalue weighted by molar-refractivity contribution is 7.92. The third kappa shape index (κ3) is 4.72. The molecule has 6 nitrogen and oxygen atoms in total. The first-order valence-corrected chi connectivity index (χ1v) is 9.72. The zero-order chi connectivity index (χ0) is 19.3. The smallest absolute Gasteiger partial charge is 0.237 e. The molecule has 0 spiro atoms. The van der Waals surface area contributed by atoms with Crippen LogP contribution in [0.3, 0.4) is 0 Å². The van der Waals surface area contributed by atoms with Crippen molar-refractivity contribution in [2.45, 2.75) is 26.7 Å². The van der Waals surface area contributed by atoms with E-state index in [9.17, 15) is 17.6 Å². The van der Waals surface area contributed by atoms with Crippen molar-refractivity contribution in [3.05, 3.63) is 47.4 Å². The van der Waals surface area contributed by atoms with Gasteiger partial charge in [-0.3, -0.25) is 9.52 Å². The van der Waals surface area contributed by atoms with Crippen molar-refractivity contribution in [1.82, 2.24) is 9.97 Å². The monoisotopic (exact) mass is 377 g/mol. The maximum atomic E-state index is 13.3. The van der Waals surface area contributed by atoms with E-state index in [-0.39, 0.29) is 17.6 Å². The number of hydrogen-bond donors (Lipinski definition) is 1. The summed E-state index contributed by atoms with van der Waals surface area (Å²) >= 11 is 0. The molecular formula is C18H20FN3O3S. The van der Waals surface area contributed by atoms with Crippen LogP contribution in [0.2, 0.25) is 0 Å². The van der Waals surface area contributed by atoms with Gasteiger partial charge in [-0.15, -0.1) is 0 Å².